The van der Waals surface area contributed by atoms with E-state index in [4.69, 9.17) is 5.11 Å². The Labute approximate surface area is 114 Å². The molecule has 1 rings (SSSR count). The minimum Gasteiger partial charge on any atom is -0.481 e. The van der Waals surface area contributed by atoms with Crippen LogP contribution in [0.25, 0.3) is 0 Å². The maximum atomic E-state index is 12.2. The first-order valence-electron chi connectivity index (χ1n) is 5.60. The Balaban J connectivity index is 2.86. The van der Waals surface area contributed by atoms with E-state index in [0.717, 1.165) is 0 Å². The Hall–Kier alpha value is -1.43. The van der Waals surface area contributed by atoms with Gasteiger partial charge >= 0.3 is 5.97 Å². The summed E-state index contributed by atoms with van der Waals surface area (Å²) in [6.45, 7) is 4.00. The molecule has 0 bridgehead atoms. The zero-order valence-corrected chi connectivity index (χ0v) is 11.8. The molecule has 0 spiro atoms. The number of aliphatic carboxylic acids is 1. The van der Waals surface area contributed by atoms with Crippen LogP contribution in [0.1, 0.15) is 24.3 Å². The molecule has 1 heterocycles. The Bertz CT molecular complexity index is 451. The molecule has 0 saturated heterocycles. The van der Waals surface area contributed by atoms with Crippen molar-refractivity contribution in [3.05, 3.63) is 28.5 Å². The highest BCUT2D eigenvalue weighted by molar-refractivity contribution is 9.10. The summed E-state index contributed by atoms with van der Waals surface area (Å²) >= 11 is 3.26. The summed E-state index contributed by atoms with van der Waals surface area (Å²) in [6.07, 6.45) is 1.53. The number of hydrogen-bond acceptors (Lipinski definition) is 3. The number of carbonyl (C=O) groups is 2. The smallest absolute Gasteiger partial charge is 0.308 e. The van der Waals surface area contributed by atoms with Gasteiger partial charge in [-0.15, -0.1) is 0 Å². The minimum absolute atomic E-state index is 0.174. The van der Waals surface area contributed by atoms with Crippen molar-refractivity contribution < 1.29 is 14.7 Å². The SMILES string of the molecule is CCN(CC(C)C(=O)O)C(=O)c1ncccc1Br. The third kappa shape index (κ3) is 3.53. The summed E-state index contributed by atoms with van der Waals surface area (Å²) in [5.41, 5.74) is 0.303. The van der Waals surface area contributed by atoms with Crippen LogP contribution in [-0.4, -0.2) is 40.0 Å². The topological polar surface area (TPSA) is 70.5 Å². The molecule has 1 atom stereocenters. The number of pyridine rings is 1. The lowest BCUT2D eigenvalue weighted by atomic mass is 10.1. The molecule has 1 aromatic rings. The second-order valence-electron chi connectivity index (χ2n) is 3.92. The minimum atomic E-state index is -0.915. The number of hydrogen-bond donors (Lipinski definition) is 1. The lowest BCUT2D eigenvalue weighted by molar-refractivity contribution is -0.141. The maximum Gasteiger partial charge on any atom is 0.308 e. The molecule has 0 radical (unpaired) electrons. The van der Waals surface area contributed by atoms with Crippen LogP contribution in [0.2, 0.25) is 0 Å². The monoisotopic (exact) mass is 314 g/mol. The van der Waals surface area contributed by atoms with Gasteiger partial charge in [0.2, 0.25) is 0 Å². The van der Waals surface area contributed by atoms with Crippen molar-refractivity contribution in [2.45, 2.75) is 13.8 Å². The third-order valence-electron chi connectivity index (χ3n) is 2.55. The highest BCUT2D eigenvalue weighted by atomic mass is 79.9. The molecule has 0 aliphatic rings. The van der Waals surface area contributed by atoms with Crippen molar-refractivity contribution in [2.24, 2.45) is 5.92 Å². The standard InChI is InChI=1S/C12H15BrN2O3/c1-3-15(7-8(2)12(17)18)11(16)10-9(13)5-4-6-14-10/h4-6,8H,3,7H2,1-2H3,(H,17,18). The second-order valence-corrected chi connectivity index (χ2v) is 4.77. The normalized spacial score (nSPS) is 11.9. The van der Waals surface area contributed by atoms with Gasteiger partial charge in [-0.3, -0.25) is 9.59 Å². The van der Waals surface area contributed by atoms with E-state index < -0.39 is 11.9 Å². The van der Waals surface area contributed by atoms with Gasteiger partial charge in [-0.2, -0.15) is 0 Å². The van der Waals surface area contributed by atoms with Gasteiger partial charge in [-0.25, -0.2) is 4.98 Å². The van der Waals surface area contributed by atoms with Crippen LogP contribution in [0, 0.1) is 5.92 Å². The van der Waals surface area contributed by atoms with Crippen LogP contribution in [0.3, 0.4) is 0 Å². The Morgan fingerprint density at radius 3 is 2.72 bits per heavy atom. The van der Waals surface area contributed by atoms with Gasteiger partial charge < -0.3 is 10.0 Å². The Morgan fingerprint density at radius 2 is 2.22 bits per heavy atom. The predicted octanol–water partition coefficient (Wildman–Crippen LogP) is 2.03. The first-order valence-corrected chi connectivity index (χ1v) is 6.39. The van der Waals surface area contributed by atoms with Crippen molar-refractivity contribution in [3.63, 3.8) is 0 Å². The highest BCUT2D eigenvalue weighted by Crippen LogP contribution is 2.16. The van der Waals surface area contributed by atoms with Gasteiger partial charge in [0.15, 0.2) is 0 Å². The number of carboxylic acids is 1. The lowest BCUT2D eigenvalue weighted by Crippen LogP contribution is -2.37. The molecule has 1 aromatic heterocycles. The summed E-state index contributed by atoms with van der Waals surface area (Å²) < 4.78 is 0.608. The average molecular weight is 315 g/mol. The number of rotatable bonds is 5. The van der Waals surface area contributed by atoms with Crippen LogP contribution >= 0.6 is 15.9 Å². The lowest BCUT2D eigenvalue weighted by Gasteiger charge is -2.22. The number of halogens is 1. The van der Waals surface area contributed by atoms with Gasteiger partial charge in [0.1, 0.15) is 5.69 Å². The number of carboxylic acid groups (broad SMARTS) is 1. The summed E-state index contributed by atoms with van der Waals surface area (Å²) in [4.78, 5) is 28.5. The molecule has 98 valence electrons. The number of nitrogens with zero attached hydrogens (tertiary/aromatic N) is 2. The zero-order valence-electron chi connectivity index (χ0n) is 10.3. The number of amides is 1. The van der Waals surface area contributed by atoms with Crippen LogP contribution < -0.4 is 0 Å². The van der Waals surface area contributed by atoms with Crippen molar-refractivity contribution in [1.29, 1.82) is 0 Å². The molecule has 1 unspecified atom stereocenters. The van der Waals surface area contributed by atoms with Gasteiger partial charge in [0, 0.05) is 23.8 Å². The fourth-order valence-electron chi connectivity index (χ4n) is 1.46. The van der Waals surface area contributed by atoms with Crippen molar-refractivity contribution >= 4 is 27.8 Å². The van der Waals surface area contributed by atoms with Crippen LogP contribution in [-0.2, 0) is 4.79 Å². The molecule has 1 amide bonds. The van der Waals surface area contributed by atoms with E-state index in [1.54, 1.807) is 19.1 Å². The molecule has 1 N–H and O–H groups in total. The second kappa shape index (κ2) is 6.49. The number of carbonyl (C=O) groups excluding carboxylic acids is 1. The van der Waals surface area contributed by atoms with E-state index >= 15 is 0 Å². The largest absolute Gasteiger partial charge is 0.481 e. The molecule has 5 nitrogen and oxygen atoms in total. The third-order valence-corrected chi connectivity index (χ3v) is 3.19. The molecule has 0 fully saturated rings. The van der Waals surface area contributed by atoms with E-state index in [9.17, 15) is 9.59 Å². The van der Waals surface area contributed by atoms with E-state index in [1.807, 2.05) is 6.92 Å². The van der Waals surface area contributed by atoms with Gasteiger partial charge in [-0.1, -0.05) is 6.92 Å². The van der Waals surface area contributed by atoms with Crippen molar-refractivity contribution in [2.75, 3.05) is 13.1 Å². The molecule has 0 aromatic carbocycles. The van der Waals surface area contributed by atoms with Crippen molar-refractivity contribution in [1.82, 2.24) is 9.88 Å². The molecular weight excluding hydrogens is 300 g/mol. The summed E-state index contributed by atoms with van der Waals surface area (Å²) in [6, 6.07) is 3.45. The van der Waals surface area contributed by atoms with Gasteiger partial charge in [0.05, 0.1) is 5.92 Å². The fraction of sp³-hybridized carbons (Fsp3) is 0.417. The fourth-order valence-corrected chi connectivity index (χ4v) is 1.88. The quantitative estimate of drug-likeness (QED) is 0.902. The van der Waals surface area contributed by atoms with Crippen LogP contribution in [0.15, 0.2) is 22.8 Å². The van der Waals surface area contributed by atoms with E-state index in [2.05, 4.69) is 20.9 Å². The molecule has 0 aliphatic heterocycles. The van der Waals surface area contributed by atoms with Crippen LogP contribution in [0.5, 0.6) is 0 Å². The number of aromatic nitrogens is 1. The van der Waals surface area contributed by atoms with Gasteiger partial charge in [0.25, 0.3) is 5.91 Å². The maximum absolute atomic E-state index is 12.2. The first-order chi connectivity index (χ1) is 8.47. The molecule has 0 saturated carbocycles. The summed E-state index contributed by atoms with van der Waals surface area (Å²) in [5, 5.41) is 8.87. The summed E-state index contributed by atoms with van der Waals surface area (Å²) in [7, 11) is 0. The summed E-state index contributed by atoms with van der Waals surface area (Å²) in [5.74, 6) is -1.78. The average Bonchev–Trinajstić information content (AvgIpc) is 2.35. The Kier molecular flexibility index (Phi) is 5.27. The van der Waals surface area contributed by atoms with E-state index in [1.165, 1.54) is 11.1 Å². The highest BCUT2D eigenvalue weighted by Gasteiger charge is 2.22. The van der Waals surface area contributed by atoms with E-state index in [-0.39, 0.29) is 12.5 Å². The van der Waals surface area contributed by atoms with Crippen LogP contribution in [0.4, 0.5) is 0 Å². The van der Waals surface area contributed by atoms with Crippen molar-refractivity contribution in [3.8, 4) is 0 Å². The van der Waals surface area contributed by atoms with E-state index in [0.29, 0.717) is 16.7 Å². The zero-order chi connectivity index (χ0) is 13.7. The molecular formula is C12H15BrN2O3. The first kappa shape index (κ1) is 14.6. The molecule has 6 heteroatoms. The van der Waals surface area contributed by atoms with Gasteiger partial charge in [-0.05, 0) is 35.0 Å². The Morgan fingerprint density at radius 1 is 1.56 bits per heavy atom. The molecule has 0 aliphatic carbocycles. The predicted molar refractivity (Wildman–Crippen MR) is 70.3 cm³/mol. The molecule has 18 heavy (non-hydrogen) atoms.